The number of nitrogens with zero attached hydrogens (tertiary/aromatic N) is 2. The molecule has 0 bridgehead atoms. The van der Waals surface area contributed by atoms with E-state index in [-0.39, 0.29) is 6.10 Å². The van der Waals surface area contributed by atoms with Crippen molar-refractivity contribution >= 4 is 17.4 Å². The van der Waals surface area contributed by atoms with Crippen LogP contribution in [0.4, 0.5) is 5.82 Å². The summed E-state index contributed by atoms with van der Waals surface area (Å²) in [5.41, 5.74) is 0. The Morgan fingerprint density at radius 2 is 2.31 bits per heavy atom. The molecule has 0 amide bonds. The van der Waals surface area contributed by atoms with Crippen LogP contribution in [0.25, 0.3) is 0 Å². The van der Waals surface area contributed by atoms with Crippen molar-refractivity contribution in [1.29, 1.82) is 0 Å². The van der Waals surface area contributed by atoms with Crippen LogP contribution in [-0.4, -0.2) is 27.7 Å². The molecule has 1 heterocycles. The highest BCUT2D eigenvalue weighted by molar-refractivity contribution is 6.29. The van der Waals surface area contributed by atoms with Gasteiger partial charge in [0.25, 0.3) is 0 Å². The van der Waals surface area contributed by atoms with Crippen LogP contribution in [0.2, 0.25) is 5.15 Å². The van der Waals surface area contributed by atoms with Crippen molar-refractivity contribution in [2.45, 2.75) is 38.2 Å². The van der Waals surface area contributed by atoms with Gasteiger partial charge >= 0.3 is 0 Å². The molecule has 0 aromatic carbocycles. The number of halogens is 1. The van der Waals surface area contributed by atoms with E-state index in [0.29, 0.717) is 23.4 Å². The lowest BCUT2D eigenvalue weighted by molar-refractivity contribution is 0.183. The number of aromatic nitrogens is 2. The molecule has 1 aliphatic rings. The largest absolute Gasteiger partial charge is 0.391 e. The Morgan fingerprint density at radius 3 is 2.94 bits per heavy atom. The molecule has 0 spiro atoms. The Hall–Kier alpha value is -0.870. The zero-order valence-electron chi connectivity index (χ0n) is 9.28. The lowest BCUT2D eigenvalue weighted by Crippen LogP contribution is -2.19. The number of hydrogen-bond donors (Lipinski definition) is 2. The molecule has 2 rings (SSSR count). The molecule has 4 nitrogen and oxygen atoms in total. The molecule has 0 saturated heterocycles. The quantitative estimate of drug-likeness (QED) is 0.776. The second kappa shape index (κ2) is 4.97. The summed E-state index contributed by atoms with van der Waals surface area (Å²) in [5.74, 6) is 2.01. The van der Waals surface area contributed by atoms with E-state index < -0.39 is 0 Å². The summed E-state index contributed by atoms with van der Waals surface area (Å²) in [7, 11) is 0. The highest BCUT2D eigenvalue weighted by Gasteiger charge is 2.27. The van der Waals surface area contributed by atoms with Crippen LogP contribution in [0.15, 0.2) is 6.07 Å². The van der Waals surface area contributed by atoms with Crippen molar-refractivity contribution < 1.29 is 5.11 Å². The molecular formula is C11H16ClN3O. The van der Waals surface area contributed by atoms with Gasteiger partial charge in [-0.1, -0.05) is 18.5 Å². The molecule has 5 heteroatoms. The standard InChI is InChI=1S/C11H16ClN3O/c1-2-8(16)6-13-10-5-9(12)14-11(15-10)7-3-4-7/h5,7-8,16H,2-4,6H2,1H3,(H,13,14,15). The van der Waals surface area contributed by atoms with E-state index >= 15 is 0 Å². The Balaban J connectivity index is 2.02. The van der Waals surface area contributed by atoms with E-state index in [0.717, 1.165) is 25.1 Å². The maximum atomic E-state index is 9.44. The van der Waals surface area contributed by atoms with Gasteiger partial charge in [-0.05, 0) is 19.3 Å². The van der Waals surface area contributed by atoms with Crippen LogP contribution in [0.3, 0.4) is 0 Å². The van der Waals surface area contributed by atoms with E-state index in [9.17, 15) is 5.11 Å². The minimum absolute atomic E-state index is 0.349. The van der Waals surface area contributed by atoms with Gasteiger partial charge in [0.15, 0.2) is 0 Å². The molecule has 1 atom stereocenters. The molecule has 88 valence electrons. The Kier molecular flexibility index (Phi) is 3.61. The zero-order chi connectivity index (χ0) is 11.5. The minimum atomic E-state index is -0.349. The molecule has 16 heavy (non-hydrogen) atoms. The number of rotatable bonds is 5. The van der Waals surface area contributed by atoms with Crippen LogP contribution in [0.1, 0.15) is 37.9 Å². The van der Waals surface area contributed by atoms with Gasteiger partial charge in [-0.15, -0.1) is 0 Å². The highest BCUT2D eigenvalue weighted by atomic mass is 35.5. The SMILES string of the molecule is CCC(O)CNc1cc(Cl)nc(C2CC2)n1. The first-order valence-corrected chi connectivity index (χ1v) is 6.03. The van der Waals surface area contributed by atoms with Crippen molar-refractivity contribution in [2.75, 3.05) is 11.9 Å². The number of nitrogens with one attached hydrogen (secondary N) is 1. The van der Waals surface area contributed by atoms with Gasteiger partial charge in [-0.25, -0.2) is 9.97 Å². The van der Waals surface area contributed by atoms with Gasteiger partial charge in [0, 0.05) is 18.5 Å². The van der Waals surface area contributed by atoms with Gasteiger partial charge in [-0.2, -0.15) is 0 Å². The maximum Gasteiger partial charge on any atom is 0.135 e. The van der Waals surface area contributed by atoms with Crippen LogP contribution in [-0.2, 0) is 0 Å². The topological polar surface area (TPSA) is 58.0 Å². The molecule has 0 radical (unpaired) electrons. The normalized spacial score (nSPS) is 17.2. The van der Waals surface area contributed by atoms with Crippen LogP contribution < -0.4 is 5.32 Å². The predicted octanol–water partition coefficient (Wildman–Crippen LogP) is 2.19. The van der Waals surface area contributed by atoms with Gasteiger partial charge in [-0.3, -0.25) is 0 Å². The molecule has 1 saturated carbocycles. The number of anilines is 1. The lowest BCUT2D eigenvalue weighted by atomic mass is 10.3. The summed E-state index contributed by atoms with van der Waals surface area (Å²) in [6, 6.07) is 1.69. The van der Waals surface area contributed by atoms with Crippen LogP contribution in [0, 0.1) is 0 Å². The van der Waals surface area contributed by atoms with Crippen molar-refractivity contribution in [3.05, 3.63) is 17.0 Å². The first-order valence-electron chi connectivity index (χ1n) is 5.65. The fraction of sp³-hybridized carbons (Fsp3) is 0.636. The molecular weight excluding hydrogens is 226 g/mol. The van der Waals surface area contributed by atoms with E-state index in [1.807, 2.05) is 6.92 Å². The third kappa shape index (κ3) is 3.06. The average molecular weight is 242 g/mol. The molecule has 1 aromatic rings. The Labute approximate surface area is 100 Å². The molecule has 1 fully saturated rings. The number of aliphatic hydroxyl groups excluding tert-OH is 1. The Bertz CT molecular complexity index is 368. The second-order valence-corrected chi connectivity index (χ2v) is 4.54. The summed E-state index contributed by atoms with van der Waals surface area (Å²) < 4.78 is 0. The van der Waals surface area contributed by atoms with Gasteiger partial charge in [0.1, 0.15) is 16.8 Å². The number of hydrogen-bond acceptors (Lipinski definition) is 4. The first-order chi connectivity index (χ1) is 7.69. The highest BCUT2D eigenvalue weighted by Crippen LogP contribution is 2.38. The first kappa shape index (κ1) is 11.6. The monoisotopic (exact) mass is 241 g/mol. The molecule has 1 aliphatic carbocycles. The molecule has 1 unspecified atom stereocenters. The van der Waals surface area contributed by atoms with Crippen molar-refractivity contribution in [3.63, 3.8) is 0 Å². The second-order valence-electron chi connectivity index (χ2n) is 4.15. The van der Waals surface area contributed by atoms with Gasteiger partial charge in [0.05, 0.1) is 6.10 Å². The van der Waals surface area contributed by atoms with Gasteiger partial charge in [0.2, 0.25) is 0 Å². The smallest absolute Gasteiger partial charge is 0.135 e. The van der Waals surface area contributed by atoms with E-state index in [1.165, 1.54) is 0 Å². The van der Waals surface area contributed by atoms with Crippen molar-refractivity contribution in [3.8, 4) is 0 Å². The predicted molar refractivity (Wildman–Crippen MR) is 63.8 cm³/mol. The van der Waals surface area contributed by atoms with Gasteiger partial charge < -0.3 is 10.4 Å². The minimum Gasteiger partial charge on any atom is -0.391 e. The Morgan fingerprint density at radius 1 is 1.56 bits per heavy atom. The summed E-state index contributed by atoms with van der Waals surface area (Å²) in [5, 5.41) is 13.0. The molecule has 1 aromatic heterocycles. The fourth-order valence-electron chi connectivity index (χ4n) is 1.42. The average Bonchev–Trinajstić information content (AvgIpc) is 3.09. The van der Waals surface area contributed by atoms with Crippen molar-refractivity contribution in [2.24, 2.45) is 0 Å². The maximum absolute atomic E-state index is 9.44. The third-order valence-corrected chi connectivity index (χ3v) is 2.84. The summed E-state index contributed by atoms with van der Waals surface area (Å²) >= 11 is 5.92. The number of aliphatic hydroxyl groups is 1. The van der Waals surface area contributed by atoms with E-state index in [2.05, 4.69) is 15.3 Å². The molecule has 0 aliphatic heterocycles. The zero-order valence-corrected chi connectivity index (χ0v) is 10.0. The lowest BCUT2D eigenvalue weighted by Gasteiger charge is -2.10. The summed E-state index contributed by atoms with van der Waals surface area (Å²) in [6.07, 6.45) is 2.67. The van der Waals surface area contributed by atoms with Crippen LogP contribution in [0.5, 0.6) is 0 Å². The van der Waals surface area contributed by atoms with Crippen molar-refractivity contribution in [1.82, 2.24) is 9.97 Å². The van der Waals surface area contributed by atoms with E-state index in [4.69, 9.17) is 11.6 Å². The van der Waals surface area contributed by atoms with Crippen LogP contribution >= 0.6 is 11.6 Å². The molecule has 2 N–H and O–H groups in total. The fourth-order valence-corrected chi connectivity index (χ4v) is 1.61. The summed E-state index contributed by atoms with van der Waals surface area (Å²) in [6.45, 7) is 2.43. The summed E-state index contributed by atoms with van der Waals surface area (Å²) in [4.78, 5) is 8.58. The third-order valence-electron chi connectivity index (χ3n) is 2.64. The van der Waals surface area contributed by atoms with E-state index in [1.54, 1.807) is 6.07 Å².